The van der Waals surface area contributed by atoms with E-state index in [9.17, 15) is 0 Å². The van der Waals surface area contributed by atoms with Gasteiger partial charge >= 0.3 is 0 Å². The molecule has 2 nitrogen and oxygen atoms in total. The van der Waals surface area contributed by atoms with E-state index in [0.29, 0.717) is 13.1 Å². The van der Waals surface area contributed by atoms with Crippen molar-refractivity contribution < 1.29 is 32.7 Å². The average molecular weight is 177 g/mol. The van der Waals surface area contributed by atoms with E-state index in [4.69, 9.17) is 11.5 Å². The molecule has 0 aromatic heterocycles. The van der Waals surface area contributed by atoms with E-state index in [1.807, 2.05) is 0 Å². The Labute approximate surface area is 70.9 Å². The molecular formula is C4H12N2Y-2. The van der Waals surface area contributed by atoms with E-state index in [2.05, 4.69) is 0 Å². The van der Waals surface area contributed by atoms with Gasteiger partial charge in [-0.15, -0.1) is 0 Å². The fraction of sp³-hybridized carbons (Fsp3) is 1.00. The second-order valence-corrected chi connectivity index (χ2v) is 0.707. The zero-order valence-electron chi connectivity index (χ0n) is 4.99. The van der Waals surface area contributed by atoms with Crippen LogP contribution in [0.25, 0.3) is 11.5 Å². The van der Waals surface area contributed by atoms with Crippen molar-refractivity contribution in [1.29, 1.82) is 0 Å². The van der Waals surface area contributed by atoms with E-state index in [1.54, 1.807) is 13.8 Å². The Morgan fingerprint density at radius 1 is 1.00 bits per heavy atom. The summed E-state index contributed by atoms with van der Waals surface area (Å²) in [7, 11) is 0. The van der Waals surface area contributed by atoms with Gasteiger partial charge in [-0.05, 0) is 0 Å². The molecule has 0 saturated heterocycles. The summed E-state index contributed by atoms with van der Waals surface area (Å²) >= 11 is 0. The van der Waals surface area contributed by atoms with Gasteiger partial charge in [0.1, 0.15) is 0 Å². The first kappa shape index (κ1) is 15.7. The summed E-state index contributed by atoms with van der Waals surface area (Å²) in [6.07, 6.45) is 0. The van der Waals surface area contributed by atoms with E-state index in [-0.39, 0.29) is 32.7 Å². The predicted molar refractivity (Wildman–Crippen MR) is 29.7 cm³/mol. The van der Waals surface area contributed by atoms with Crippen LogP contribution in [-0.4, -0.2) is 13.1 Å². The van der Waals surface area contributed by atoms with Crippen LogP contribution >= 0.6 is 0 Å². The molecule has 0 aromatic rings. The van der Waals surface area contributed by atoms with Crippen molar-refractivity contribution in [3.8, 4) is 0 Å². The molecule has 0 saturated carbocycles. The van der Waals surface area contributed by atoms with Crippen molar-refractivity contribution in [1.82, 2.24) is 0 Å². The van der Waals surface area contributed by atoms with Gasteiger partial charge in [0.25, 0.3) is 0 Å². The van der Waals surface area contributed by atoms with E-state index < -0.39 is 0 Å². The molecule has 0 heterocycles. The molecule has 1 radical (unpaired) electrons. The zero-order chi connectivity index (χ0) is 5.41. The summed E-state index contributed by atoms with van der Waals surface area (Å²) < 4.78 is 0. The molecule has 0 fully saturated rings. The van der Waals surface area contributed by atoms with E-state index in [1.165, 1.54) is 0 Å². The Morgan fingerprint density at radius 2 is 1.00 bits per heavy atom. The minimum Gasteiger partial charge on any atom is -0.678 e. The number of nitrogens with one attached hydrogen (secondary N) is 2. The van der Waals surface area contributed by atoms with Crippen molar-refractivity contribution in [2.75, 3.05) is 13.1 Å². The van der Waals surface area contributed by atoms with Crippen LogP contribution in [0.15, 0.2) is 0 Å². The summed E-state index contributed by atoms with van der Waals surface area (Å²) in [6, 6.07) is 0. The molecule has 3 heteroatoms. The molecule has 0 atom stereocenters. The summed E-state index contributed by atoms with van der Waals surface area (Å²) in [5.41, 5.74) is 12.4. The molecule has 43 valence electrons. The number of hydrogen-bond acceptors (Lipinski definition) is 0. The fourth-order valence-corrected chi connectivity index (χ4v) is 0. The van der Waals surface area contributed by atoms with Gasteiger partial charge < -0.3 is 11.5 Å². The Bertz CT molecular complexity index is 11.7. The monoisotopic (exact) mass is 177 g/mol. The molecule has 0 amide bonds. The predicted octanol–water partition coefficient (Wildman–Crippen LogP) is 2.11. The van der Waals surface area contributed by atoms with Gasteiger partial charge in [0.2, 0.25) is 0 Å². The smallest absolute Gasteiger partial charge is 0 e. The first-order valence-electron chi connectivity index (χ1n) is 2.12. The maximum Gasteiger partial charge on any atom is 0 e. The van der Waals surface area contributed by atoms with Crippen molar-refractivity contribution >= 4 is 0 Å². The van der Waals surface area contributed by atoms with Crippen molar-refractivity contribution in [2.45, 2.75) is 13.8 Å². The molecule has 0 aliphatic heterocycles. The molecule has 0 aliphatic rings. The van der Waals surface area contributed by atoms with Gasteiger partial charge in [-0.1, -0.05) is 13.8 Å². The molecule has 0 bridgehead atoms. The third kappa shape index (κ3) is 169. The van der Waals surface area contributed by atoms with Crippen LogP contribution in [-0.2, 0) is 32.7 Å². The van der Waals surface area contributed by atoms with Gasteiger partial charge in [-0.2, -0.15) is 13.1 Å². The summed E-state index contributed by atoms with van der Waals surface area (Å²) in [4.78, 5) is 0. The molecule has 0 spiro atoms. The molecule has 0 unspecified atom stereocenters. The first-order chi connectivity index (χ1) is 2.83. The fourth-order valence-electron chi connectivity index (χ4n) is 0. The Kier molecular flexibility index (Phi) is 62.5. The van der Waals surface area contributed by atoms with Gasteiger partial charge in [0.15, 0.2) is 0 Å². The summed E-state index contributed by atoms with van der Waals surface area (Å²) in [6.45, 7) is 4.58. The average Bonchev–Trinajstić information content (AvgIpc) is 1.39. The van der Waals surface area contributed by atoms with Crippen molar-refractivity contribution in [3.63, 3.8) is 0 Å². The van der Waals surface area contributed by atoms with Crippen LogP contribution in [0.4, 0.5) is 0 Å². The molecule has 7 heavy (non-hydrogen) atoms. The minimum atomic E-state index is 0. The quantitative estimate of drug-likeness (QED) is 0.544. The minimum absolute atomic E-state index is 0. The number of rotatable bonds is 0. The van der Waals surface area contributed by atoms with Gasteiger partial charge in [-0.3, -0.25) is 0 Å². The van der Waals surface area contributed by atoms with E-state index in [0.717, 1.165) is 0 Å². The third-order valence-electron chi connectivity index (χ3n) is 0. The second kappa shape index (κ2) is 27.9. The van der Waals surface area contributed by atoms with Crippen LogP contribution in [0.1, 0.15) is 13.8 Å². The standard InChI is InChI=1S/2C2H6N.Y/c2*1-2-3;/h2*3H,2H2,1H3;/q2*-1;. The summed E-state index contributed by atoms with van der Waals surface area (Å²) in [5.74, 6) is 0. The van der Waals surface area contributed by atoms with Crippen LogP contribution in [0.2, 0.25) is 0 Å². The van der Waals surface area contributed by atoms with Crippen LogP contribution in [0, 0.1) is 0 Å². The second-order valence-electron chi connectivity index (χ2n) is 0.707. The van der Waals surface area contributed by atoms with Crippen molar-refractivity contribution in [3.05, 3.63) is 11.5 Å². The number of hydrogen-bond donors (Lipinski definition) is 0. The molecule has 0 rings (SSSR count). The summed E-state index contributed by atoms with van der Waals surface area (Å²) in [5, 5.41) is 0. The van der Waals surface area contributed by atoms with Crippen LogP contribution in [0.3, 0.4) is 0 Å². The molecule has 2 N–H and O–H groups in total. The Hall–Kier alpha value is 1.02. The SMILES string of the molecule is CC[NH-].CC[NH-].[Y]. The van der Waals surface area contributed by atoms with Crippen LogP contribution in [0.5, 0.6) is 0 Å². The van der Waals surface area contributed by atoms with Gasteiger partial charge in [0, 0.05) is 32.7 Å². The Morgan fingerprint density at radius 3 is 1.00 bits per heavy atom. The molecule has 0 aromatic carbocycles. The Balaban J connectivity index is -0.0000000400. The van der Waals surface area contributed by atoms with Gasteiger partial charge in [0.05, 0.1) is 0 Å². The van der Waals surface area contributed by atoms with E-state index >= 15 is 0 Å². The van der Waals surface area contributed by atoms with Gasteiger partial charge in [-0.25, -0.2) is 0 Å². The zero-order valence-corrected chi connectivity index (χ0v) is 7.83. The third-order valence-corrected chi connectivity index (χ3v) is 0. The molecule has 0 aliphatic carbocycles. The largest absolute Gasteiger partial charge is 0.678 e. The first-order valence-corrected chi connectivity index (χ1v) is 2.12. The van der Waals surface area contributed by atoms with Crippen molar-refractivity contribution in [2.24, 2.45) is 0 Å². The van der Waals surface area contributed by atoms with Crippen LogP contribution < -0.4 is 0 Å². The maximum absolute atomic E-state index is 6.21. The molecular weight excluding hydrogens is 165 g/mol. The topological polar surface area (TPSA) is 47.6 Å². The maximum atomic E-state index is 6.21. The normalized spacial score (nSPS) is 5.14.